The van der Waals surface area contributed by atoms with Gasteiger partial charge >= 0.3 is 0 Å². The van der Waals surface area contributed by atoms with Crippen molar-refractivity contribution in [2.24, 2.45) is 5.10 Å². The van der Waals surface area contributed by atoms with Gasteiger partial charge in [-0.1, -0.05) is 6.07 Å². The van der Waals surface area contributed by atoms with Crippen molar-refractivity contribution in [1.82, 2.24) is 5.43 Å². The number of ether oxygens (including phenoxy) is 2. The Hall–Kier alpha value is -3.02. The molecule has 2 aromatic rings. The first-order valence-electron chi connectivity index (χ1n) is 7.97. The number of hydrogen-bond acceptors (Lipinski definition) is 5. The molecule has 0 bridgehead atoms. The first-order chi connectivity index (χ1) is 12.0. The van der Waals surface area contributed by atoms with E-state index in [1.165, 1.54) is 12.3 Å². The second kappa shape index (κ2) is 8.73. The van der Waals surface area contributed by atoms with Gasteiger partial charge in [0.25, 0.3) is 5.91 Å². The molecule has 0 saturated carbocycles. The molecule has 0 aromatic heterocycles. The average Bonchev–Trinajstić information content (AvgIpc) is 2.58. The van der Waals surface area contributed by atoms with Crippen molar-refractivity contribution in [3.8, 4) is 17.2 Å². The summed E-state index contributed by atoms with van der Waals surface area (Å²) in [6, 6.07) is 10.5. The minimum Gasteiger partial charge on any atom is -0.507 e. The Balaban J connectivity index is 1.84. The van der Waals surface area contributed by atoms with Crippen LogP contribution >= 0.6 is 0 Å². The van der Waals surface area contributed by atoms with E-state index in [9.17, 15) is 9.90 Å². The summed E-state index contributed by atoms with van der Waals surface area (Å²) in [5, 5.41) is 13.7. The summed E-state index contributed by atoms with van der Waals surface area (Å²) in [4.78, 5) is 11.8. The van der Waals surface area contributed by atoms with Crippen LogP contribution in [0.3, 0.4) is 0 Å². The van der Waals surface area contributed by atoms with E-state index in [-0.39, 0.29) is 18.3 Å². The molecule has 0 atom stereocenters. The van der Waals surface area contributed by atoms with Gasteiger partial charge in [-0.05, 0) is 56.2 Å². The van der Waals surface area contributed by atoms with Gasteiger partial charge < -0.3 is 14.6 Å². The third-order valence-corrected chi connectivity index (χ3v) is 3.55. The highest BCUT2D eigenvalue weighted by Crippen LogP contribution is 2.22. The van der Waals surface area contributed by atoms with E-state index in [1.807, 2.05) is 39.0 Å². The molecular formula is C19H22N2O4. The Kier molecular flexibility index (Phi) is 6.39. The average molecular weight is 342 g/mol. The number of amides is 1. The van der Waals surface area contributed by atoms with E-state index in [1.54, 1.807) is 12.1 Å². The Morgan fingerprint density at radius 1 is 1.12 bits per heavy atom. The van der Waals surface area contributed by atoms with E-state index < -0.39 is 0 Å². The molecule has 1 amide bonds. The minimum atomic E-state index is -0.389. The van der Waals surface area contributed by atoms with E-state index in [4.69, 9.17) is 9.47 Å². The standard InChI is InChI=1S/C19H22N2O4/c1-4-24-17-8-6-15(18(22)10-17)11-20-21-19(23)12-25-16-7-5-13(2)14(3)9-16/h5-11,22H,4,12H2,1-3H3,(H,21,23)/b20-11-. The number of nitrogens with one attached hydrogen (secondary N) is 1. The number of benzene rings is 2. The number of hydrogen-bond donors (Lipinski definition) is 2. The summed E-state index contributed by atoms with van der Waals surface area (Å²) in [5.41, 5.74) is 5.09. The van der Waals surface area contributed by atoms with Crippen LogP contribution in [0.2, 0.25) is 0 Å². The molecule has 2 N–H and O–H groups in total. The van der Waals surface area contributed by atoms with Gasteiger partial charge in [0.15, 0.2) is 6.61 Å². The third kappa shape index (κ3) is 5.53. The van der Waals surface area contributed by atoms with Gasteiger partial charge in [0, 0.05) is 11.6 Å². The SMILES string of the molecule is CCOc1ccc(/C=N\NC(=O)COc2ccc(C)c(C)c2)c(O)c1. The first-order valence-corrected chi connectivity index (χ1v) is 7.97. The van der Waals surface area contributed by atoms with Crippen molar-refractivity contribution in [2.75, 3.05) is 13.2 Å². The van der Waals surface area contributed by atoms with Gasteiger partial charge in [0.05, 0.1) is 12.8 Å². The van der Waals surface area contributed by atoms with Crippen LogP contribution < -0.4 is 14.9 Å². The predicted octanol–water partition coefficient (Wildman–Crippen LogP) is 2.94. The molecule has 0 unspecified atom stereocenters. The summed E-state index contributed by atoms with van der Waals surface area (Å²) in [6.45, 7) is 6.23. The van der Waals surface area contributed by atoms with Crippen LogP contribution in [0.25, 0.3) is 0 Å². The van der Waals surface area contributed by atoms with Crippen LogP contribution in [-0.2, 0) is 4.79 Å². The molecule has 25 heavy (non-hydrogen) atoms. The quantitative estimate of drug-likeness (QED) is 0.599. The van der Waals surface area contributed by atoms with Crippen molar-refractivity contribution in [2.45, 2.75) is 20.8 Å². The second-order valence-electron chi connectivity index (χ2n) is 5.48. The van der Waals surface area contributed by atoms with Gasteiger partial charge in [-0.3, -0.25) is 4.79 Å². The van der Waals surface area contributed by atoms with Crippen molar-refractivity contribution in [3.63, 3.8) is 0 Å². The van der Waals surface area contributed by atoms with Crippen LogP contribution in [0.15, 0.2) is 41.5 Å². The first kappa shape index (κ1) is 18.3. The lowest BCUT2D eigenvalue weighted by atomic mass is 10.1. The lowest BCUT2D eigenvalue weighted by molar-refractivity contribution is -0.123. The van der Waals surface area contributed by atoms with Gasteiger partial charge in [0.2, 0.25) is 0 Å². The largest absolute Gasteiger partial charge is 0.507 e. The molecule has 2 rings (SSSR count). The highest BCUT2D eigenvalue weighted by molar-refractivity contribution is 5.85. The molecule has 0 aliphatic heterocycles. The number of rotatable bonds is 7. The highest BCUT2D eigenvalue weighted by atomic mass is 16.5. The zero-order chi connectivity index (χ0) is 18.2. The Morgan fingerprint density at radius 2 is 1.84 bits per heavy atom. The Morgan fingerprint density at radius 3 is 2.52 bits per heavy atom. The molecule has 132 valence electrons. The maximum Gasteiger partial charge on any atom is 0.277 e. The minimum absolute atomic E-state index is 0.0235. The smallest absolute Gasteiger partial charge is 0.277 e. The van der Waals surface area contributed by atoms with Gasteiger partial charge in [-0.15, -0.1) is 0 Å². The molecule has 0 fully saturated rings. The van der Waals surface area contributed by atoms with E-state index in [0.29, 0.717) is 23.7 Å². The molecule has 6 nitrogen and oxygen atoms in total. The number of aryl methyl sites for hydroxylation is 2. The maximum atomic E-state index is 11.8. The molecule has 0 radical (unpaired) electrons. The summed E-state index contributed by atoms with van der Waals surface area (Å²) >= 11 is 0. The fraction of sp³-hybridized carbons (Fsp3) is 0.263. The van der Waals surface area contributed by atoms with Crippen LogP contribution in [0, 0.1) is 13.8 Å². The monoisotopic (exact) mass is 342 g/mol. The van der Waals surface area contributed by atoms with Gasteiger partial charge in [0.1, 0.15) is 17.2 Å². The third-order valence-electron chi connectivity index (χ3n) is 3.55. The topological polar surface area (TPSA) is 80.2 Å². The number of phenolic OH excluding ortho intramolecular Hbond substituents is 1. The normalized spacial score (nSPS) is 10.7. The van der Waals surface area contributed by atoms with E-state index in [2.05, 4.69) is 10.5 Å². The van der Waals surface area contributed by atoms with Gasteiger partial charge in [-0.2, -0.15) is 5.10 Å². The lowest BCUT2D eigenvalue weighted by Crippen LogP contribution is -2.24. The molecule has 0 saturated heterocycles. The Labute approximate surface area is 147 Å². The lowest BCUT2D eigenvalue weighted by Gasteiger charge is -2.07. The van der Waals surface area contributed by atoms with Crippen LogP contribution in [0.1, 0.15) is 23.6 Å². The number of phenols is 1. The Bertz CT molecular complexity index is 772. The summed E-state index contributed by atoms with van der Waals surface area (Å²) in [7, 11) is 0. The summed E-state index contributed by atoms with van der Waals surface area (Å²) in [6.07, 6.45) is 1.36. The fourth-order valence-corrected chi connectivity index (χ4v) is 2.05. The van der Waals surface area contributed by atoms with Crippen LogP contribution in [0.4, 0.5) is 0 Å². The molecule has 0 spiro atoms. The number of nitrogens with zero attached hydrogens (tertiary/aromatic N) is 1. The van der Waals surface area contributed by atoms with Crippen LogP contribution in [0.5, 0.6) is 17.2 Å². The predicted molar refractivity (Wildman–Crippen MR) is 96.4 cm³/mol. The second-order valence-corrected chi connectivity index (χ2v) is 5.48. The van der Waals surface area contributed by atoms with Crippen molar-refractivity contribution in [3.05, 3.63) is 53.1 Å². The fourth-order valence-electron chi connectivity index (χ4n) is 2.05. The van der Waals surface area contributed by atoms with Gasteiger partial charge in [-0.25, -0.2) is 5.43 Å². The molecular weight excluding hydrogens is 320 g/mol. The molecule has 0 aliphatic rings. The zero-order valence-corrected chi connectivity index (χ0v) is 14.6. The highest BCUT2D eigenvalue weighted by Gasteiger charge is 2.04. The number of carbonyl (C=O) groups is 1. The van der Waals surface area contributed by atoms with E-state index >= 15 is 0 Å². The number of carbonyl (C=O) groups excluding carboxylic acids is 1. The maximum absolute atomic E-state index is 11.8. The zero-order valence-electron chi connectivity index (χ0n) is 14.6. The number of aromatic hydroxyl groups is 1. The molecule has 0 aliphatic carbocycles. The van der Waals surface area contributed by atoms with E-state index in [0.717, 1.165) is 11.1 Å². The van der Waals surface area contributed by atoms with Crippen molar-refractivity contribution in [1.29, 1.82) is 0 Å². The molecule has 0 heterocycles. The number of hydrazone groups is 1. The van der Waals surface area contributed by atoms with Crippen molar-refractivity contribution >= 4 is 12.1 Å². The molecule has 6 heteroatoms. The van der Waals surface area contributed by atoms with Crippen molar-refractivity contribution < 1.29 is 19.4 Å². The summed E-state index contributed by atoms with van der Waals surface area (Å²) < 4.78 is 10.7. The summed E-state index contributed by atoms with van der Waals surface area (Å²) in [5.74, 6) is 0.838. The van der Waals surface area contributed by atoms with Crippen LogP contribution in [-0.4, -0.2) is 30.4 Å². The molecule has 2 aromatic carbocycles.